The summed E-state index contributed by atoms with van der Waals surface area (Å²) in [5.74, 6) is 1.14. The van der Waals surface area contributed by atoms with E-state index in [2.05, 4.69) is 71.0 Å². The van der Waals surface area contributed by atoms with E-state index in [9.17, 15) is 4.79 Å². The fourth-order valence-electron chi connectivity index (χ4n) is 3.38. The van der Waals surface area contributed by atoms with Gasteiger partial charge in [-0.3, -0.25) is 4.79 Å². The normalized spacial score (nSPS) is 11.0. The lowest BCUT2D eigenvalue weighted by molar-refractivity contribution is -0.113. The van der Waals surface area contributed by atoms with Gasteiger partial charge in [-0.05, 0) is 40.8 Å². The number of aromatic nitrogens is 2. The number of carbonyl (C=O) groups excluding carboxylic acids is 1. The van der Waals surface area contributed by atoms with Gasteiger partial charge in [-0.25, -0.2) is 0 Å². The molecule has 1 amide bonds. The Morgan fingerprint density at radius 2 is 1.65 bits per heavy atom. The number of amides is 1. The fraction of sp³-hybridized carbons (Fsp3) is 0.208. The quantitative estimate of drug-likeness (QED) is 0.298. The van der Waals surface area contributed by atoms with Gasteiger partial charge >= 0.3 is 0 Å². The zero-order valence-electron chi connectivity index (χ0n) is 17.4. The molecule has 0 atom stereocenters. The second-order valence-electron chi connectivity index (χ2n) is 7.06. The molecule has 0 radical (unpaired) electrons. The molecule has 3 aromatic carbocycles. The van der Waals surface area contributed by atoms with Crippen molar-refractivity contribution in [3.8, 4) is 0 Å². The number of carbonyl (C=O) groups is 1. The molecule has 0 bridgehead atoms. The lowest BCUT2D eigenvalue weighted by Gasteiger charge is -2.12. The van der Waals surface area contributed by atoms with Crippen LogP contribution in [0.3, 0.4) is 0 Å². The van der Waals surface area contributed by atoms with E-state index in [1.54, 1.807) is 23.1 Å². The van der Waals surface area contributed by atoms with E-state index in [-0.39, 0.29) is 5.91 Å². The average Bonchev–Trinajstić information content (AvgIpc) is 3.25. The van der Waals surface area contributed by atoms with E-state index < -0.39 is 0 Å². The van der Waals surface area contributed by atoms with Crippen LogP contribution in [0.15, 0.2) is 69.3 Å². The Hall–Kier alpha value is -2.35. The molecule has 158 valence electrons. The number of nitrogens with one attached hydrogen (secondary N) is 1. The summed E-state index contributed by atoms with van der Waals surface area (Å²) in [6.07, 6.45) is 0.887. The molecule has 0 spiro atoms. The van der Waals surface area contributed by atoms with Gasteiger partial charge in [0.15, 0.2) is 8.68 Å². The van der Waals surface area contributed by atoms with Crippen molar-refractivity contribution < 1.29 is 4.79 Å². The predicted molar refractivity (Wildman–Crippen MR) is 133 cm³/mol. The van der Waals surface area contributed by atoms with E-state index in [1.807, 2.05) is 19.1 Å². The molecule has 0 saturated heterocycles. The van der Waals surface area contributed by atoms with Gasteiger partial charge in [0.25, 0.3) is 0 Å². The molecule has 1 aromatic heterocycles. The van der Waals surface area contributed by atoms with Gasteiger partial charge in [-0.15, -0.1) is 10.2 Å². The third-order valence-electron chi connectivity index (χ3n) is 4.95. The van der Waals surface area contributed by atoms with Crippen molar-refractivity contribution >= 4 is 57.2 Å². The van der Waals surface area contributed by atoms with Crippen molar-refractivity contribution in [2.75, 3.05) is 11.1 Å². The highest BCUT2D eigenvalue weighted by Crippen LogP contribution is 2.32. The summed E-state index contributed by atoms with van der Waals surface area (Å²) >= 11 is 4.66. The second-order valence-corrected chi connectivity index (χ2v) is 10.5. The Bertz CT molecular complexity index is 1200. The number of aryl methyl sites for hydroxylation is 2. The van der Waals surface area contributed by atoms with Gasteiger partial charge in [0.2, 0.25) is 5.91 Å². The SMILES string of the molecule is CCc1cccc(C)c1NC(=O)CSc1nnc(SCc2cccc3ccccc23)s1. The molecule has 31 heavy (non-hydrogen) atoms. The number of fused-ring (bicyclic) bond motifs is 1. The van der Waals surface area contributed by atoms with Gasteiger partial charge in [-0.1, -0.05) is 102 Å². The first-order valence-corrected chi connectivity index (χ1v) is 12.9. The number of hydrogen-bond acceptors (Lipinski definition) is 6. The van der Waals surface area contributed by atoms with Crippen molar-refractivity contribution in [2.24, 2.45) is 0 Å². The first-order valence-electron chi connectivity index (χ1n) is 10.1. The number of hydrogen-bond donors (Lipinski definition) is 1. The molecular formula is C24H23N3OS3. The summed E-state index contributed by atoms with van der Waals surface area (Å²) in [7, 11) is 0. The van der Waals surface area contributed by atoms with Crippen LogP contribution in [0, 0.1) is 6.92 Å². The van der Waals surface area contributed by atoms with E-state index in [1.165, 1.54) is 28.1 Å². The van der Waals surface area contributed by atoms with Gasteiger partial charge in [0.05, 0.1) is 5.75 Å². The Labute approximate surface area is 194 Å². The van der Waals surface area contributed by atoms with E-state index in [0.29, 0.717) is 5.75 Å². The molecule has 4 nitrogen and oxygen atoms in total. The average molecular weight is 466 g/mol. The number of nitrogens with zero attached hydrogens (tertiary/aromatic N) is 2. The summed E-state index contributed by atoms with van der Waals surface area (Å²) in [5.41, 5.74) is 4.46. The topological polar surface area (TPSA) is 54.9 Å². The van der Waals surface area contributed by atoms with Crippen molar-refractivity contribution in [2.45, 2.75) is 34.7 Å². The third-order valence-corrected chi connectivity index (χ3v) is 8.19. The first-order chi connectivity index (χ1) is 15.1. The summed E-state index contributed by atoms with van der Waals surface area (Å²) in [6, 6.07) is 20.9. The van der Waals surface area contributed by atoms with Crippen molar-refractivity contribution in [3.63, 3.8) is 0 Å². The van der Waals surface area contributed by atoms with Crippen LogP contribution in [-0.2, 0) is 17.0 Å². The highest BCUT2D eigenvalue weighted by Gasteiger charge is 2.12. The largest absolute Gasteiger partial charge is 0.325 e. The molecule has 1 N–H and O–H groups in total. The van der Waals surface area contributed by atoms with Crippen molar-refractivity contribution in [1.29, 1.82) is 0 Å². The second kappa shape index (κ2) is 10.3. The molecule has 1 heterocycles. The van der Waals surface area contributed by atoms with Crippen LogP contribution in [0.1, 0.15) is 23.6 Å². The van der Waals surface area contributed by atoms with Crippen LogP contribution in [0.5, 0.6) is 0 Å². The molecule has 0 saturated carbocycles. The molecular weight excluding hydrogens is 442 g/mol. The first kappa shape index (κ1) is 21.9. The Balaban J connectivity index is 1.33. The lowest BCUT2D eigenvalue weighted by Crippen LogP contribution is -2.16. The molecule has 4 aromatic rings. The molecule has 7 heteroatoms. The highest BCUT2D eigenvalue weighted by molar-refractivity contribution is 8.03. The Morgan fingerprint density at radius 3 is 2.48 bits per heavy atom. The maximum Gasteiger partial charge on any atom is 0.234 e. The van der Waals surface area contributed by atoms with E-state index >= 15 is 0 Å². The molecule has 0 aliphatic rings. The standard InChI is InChI=1S/C24H23N3OS3/c1-3-17-10-6-8-16(2)22(17)25-21(28)15-30-24-27-26-23(31-24)29-14-19-12-7-11-18-9-4-5-13-20(18)19/h4-13H,3,14-15H2,1-2H3,(H,25,28). The van der Waals surface area contributed by atoms with Crippen LogP contribution in [0.25, 0.3) is 10.8 Å². The summed E-state index contributed by atoms with van der Waals surface area (Å²) in [5, 5.41) is 14.1. The molecule has 0 aliphatic carbocycles. The fourth-order valence-corrected chi connectivity index (χ4v) is 6.20. The summed E-state index contributed by atoms with van der Waals surface area (Å²) in [6.45, 7) is 4.12. The maximum atomic E-state index is 12.5. The smallest absolute Gasteiger partial charge is 0.234 e. The van der Waals surface area contributed by atoms with Gasteiger partial charge in [0, 0.05) is 11.4 Å². The number of thioether (sulfide) groups is 2. The minimum atomic E-state index is -0.0193. The van der Waals surface area contributed by atoms with Crippen LogP contribution in [-0.4, -0.2) is 21.9 Å². The van der Waals surface area contributed by atoms with Crippen molar-refractivity contribution in [3.05, 3.63) is 77.4 Å². The zero-order chi connectivity index (χ0) is 21.6. The van der Waals surface area contributed by atoms with E-state index in [0.717, 1.165) is 37.7 Å². The minimum absolute atomic E-state index is 0.0193. The summed E-state index contributed by atoms with van der Waals surface area (Å²) < 4.78 is 1.74. The molecule has 0 unspecified atom stereocenters. The van der Waals surface area contributed by atoms with Crippen molar-refractivity contribution in [1.82, 2.24) is 10.2 Å². The maximum absolute atomic E-state index is 12.5. The molecule has 0 aliphatic heterocycles. The number of para-hydroxylation sites is 1. The zero-order valence-corrected chi connectivity index (χ0v) is 19.9. The van der Waals surface area contributed by atoms with Gasteiger partial charge < -0.3 is 5.32 Å². The van der Waals surface area contributed by atoms with E-state index in [4.69, 9.17) is 0 Å². The number of anilines is 1. The van der Waals surface area contributed by atoms with Crippen LogP contribution < -0.4 is 5.32 Å². The highest BCUT2D eigenvalue weighted by atomic mass is 32.2. The lowest BCUT2D eigenvalue weighted by atomic mass is 10.1. The molecule has 0 fully saturated rings. The summed E-state index contributed by atoms with van der Waals surface area (Å²) in [4.78, 5) is 12.5. The number of rotatable bonds is 8. The molecule has 4 rings (SSSR count). The monoisotopic (exact) mass is 465 g/mol. The third kappa shape index (κ3) is 5.47. The van der Waals surface area contributed by atoms with Crippen LogP contribution >= 0.6 is 34.9 Å². The Kier molecular flexibility index (Phi) is 7.27. The predicted octanol–water partition coefficient (Wildman–Crippen LogP) is 6.59. The minimum Gasteiger partial charge on any atom is -0.325 e. The van der Waals surface area contributed by atoms with Crippen LogP contribution in [0.4, 0.5) is 5.69 Å². The van der Waals surface area contributed by atoms with Crippen LogP contribution in [0.2, 0.25) is 0 Å². The van der Waals surface area contributed by atoms with Gasteiger partial charge in [-0.2, -0.15) is 0 Å². The number of benzene rings is 3. The Morgan fingerprint density at radius 1 is 0.935 bits per heavy atom. The van der Waals surface area contributed by atoms with Gasteiger partial charge in [0.1, 0.15) is 0 Å².